The van der Waals surface area contributed by atoms with Crippen molar-refractivity contribution in [2.75, 3.05) is 13.2 Å². The van der Waals surface area contributed by atoms with Crippen molar-refractivity contribution in [2.45, 2.75) is 44.6 Å². The molecule has 6 heteroatoms. The van der Waals surface area contributed by atoms with Crippen LogP contribution in [0.4, 0.5) is 0 Å². The van der Waals surface area contributed by atoms with Crippen LogP contribution in [0.5, 0.6) is 5.75 Å². The molecular formula is C25H26N4O2. The minimum absolute atomic E-state index is 0.111. The molecule has 0 saturated carbocycles. The van der Waals surface area contributed by atoms with E-state index in [2.05, 4.69) is 34.4 Å². The third kappa shape index (κ3) is 4.19. The Kier molecular flexibility index (Phi) is 5.68. The average Bonchev–Trinajstić information content (AvgIpc) is 3.28. The largest absolute Gasteiger partial charge is 0.491 e. The van der Waals surface area contributed by atoms with Crippen LogP contribution < -0.4 is 4.74 Å². The highest BCUT2D eigenvalue weighted by molar-refractivity contribution is 5.88. The molecule has 5 rings (SSSR count). The summed E-state index contributed by atoms with van der Waals surface area (Å²) in [5.74, 6) is 0.963. The standard InChI is InChI=1S/C25H26N4O2/c26-15-18-4-6-20(7-5-18)24-25-23(16-28-29(25)13-12-27-24)19-8-10-21(11-9-19)31-17-22-3-1-2-14-30-22/h6,8-13,16,18,22H,1-5,7,14,17H2. The van der Waals surface area contributed by atoms with E-state index in [1.807, 2.05) is 29.0 Å². The van der Waals surface area contributed by atoms with Gasteiger partial charge in [0.1, 0.15) is 12.4 Å². The highest BCUT2D eigenvalue weighted by Gasteiger charge is 2.20. The van der Waals surface area contributed by atoms with E-state index < -0.39 is 0 Å². The van der Waals surface area contributed by atoms with E-state index in [9.17, 15) is 5.26 Å². The molecule has 2 unspecified atom stereocenters. The summed E-state index contributed by atoms with van der Waals surface area (Å²) in [5, 5.41) is 13.7. The molecule has 31 heavy (non-hydrogen) atoms. The van der Waals surface area contributed by atoms with Crippen molar-refractivity contribution in [1.29, 1.82) is 5.26 Å². The number of allylic oxidation sites excluding steroid dienone is 2. The van der Waals surface area contributed by atoms with Gasteiger partial charge in [0.05, 0.1) is 35.5 Å². The maximum atomic E-state index is 9.19. The van der Waals surface area contributed by atoms with Crippen molar-refractivity contribution in [3.05, 3.63) is 54.6 Å². The lowest BCUT2D eigenvalue weighted by Crippen LogP contribution is -2.25. The topological polar surface area (TPSA) is 72.4 Å². The van der Waals surface area contributed by atoms with Crippen molar-refractivity contribution in [1.82, 2.24) is 14.6 Å². The van der Waals surface area contributed by atoms with E-state index >= 15 is 0 Å². The van der Waals surface area contributed by atoms with E-state index in [0.29, 0.717) is 6.61 Å². The molecule has 1 saturated heterocycles. The molecule has 3 heterocycles. The second-order valence-corrected chi connectivity index (χ2v) is 8.28. The van der Waals surface area contributed by atoms with Gasteiger partial charge in [-0.25, -0.2) is 4.52 Å². The van der Waals surface area contributed by atoms with E-state index in [0.717, 1.165) is 66.8 Å². The quantitative estimate of drug-likeness (QED) is 0.584. The van der Waals surface area contributed by atoms with E-state index in [1.165, 1.54) is 12.0 Å². The first-order chi connectivity index (χ1) is 15.3. The van der Waals surface area contributed by atoms with Crippen molar-refractivity contribution in [3.63, 3.8) is 0 Å². The van der Waals surface area contributed by atoms with Crippen LogP contribution in [0.25, 0.3) is 22.2 Å². The van der Waals surface area contributed by atoms with E-state index in [1.54, 1.807) is 6.20 Å². The summed E-state index contributed by atoms with van der Waals surface area (Å²) >= 11 is 0. The van der Waals surface area contributed by atoms with Gasteiger partial charge in [0, 0.05) is 24.6 Å². The number of nitrogens with zero attached hydrogens (tertiary/aromatic N) is 4. The summed E-state index contributed by atoms with van der Waals surface area (Å²) in [6.45, 7) is 1.44. The Morgan fingerprint density at radius 3 is 2.84 bits per heavy atom. The van der Waals surface area contributed by atoms with Crippen LogP contribution in [0.2, 0.25) is 0 Å². The third-order valence-electron chi connectivity index (χ3n) is 6.20. The van der Waals surface area contributed by atoms with Gasteiger partial charge in [-0.15, -0.1) is 0 Å². The Hall–Kier alpha value is -3.17. The molecule has 2 atom stereocenters. The van der Waals surface area contributed by atoms with Crippen LogP contribution in [-0.4, -0.2) is 33.9 Å². The zero-order valence-corrected chi connectivity index (χ0v) is 17.5. The first kappa shape index (κ1) is 19.8. The molecule has 1 aliphatic carbocycles. The number of nitriles is 1. The SMILES string of the molecule is N#CC1CC=C(c2nccn3ncc(-c4ccc(OCC5CCCCO5)cc4)c23)CC1. The number of hydrogen-bond donors (Lipinski definition) is 0. The molecule has 0 spiro atoms. The summed E-state index contributed by atoms with van der Waals surface area (Å²) in [4.78, 5) is 4.69. The molecule has 0 amide bonds. The van der Waals surface area contributed by atoms with Gasteiger partial charge in [-0.3, -0.25) is 4.98 Å². The lowest BCUT2D eigenvalue weighted by atomic mass is 9.88. The van der Waals surface area contributed by atoms with Crippen molar-refractivity contribution >= 4 is 11.1 Å². The number of hydrogen-bond acceptors (Lipinski definition) is 5. The molecule has 0 N–H and O–H groups in total. The van der Waals surface area contributed by atoms with Gasteiger partial charge in [0.25, 0.3) is 0 Å². The molecular weight excluding hydrogens is 388 g/mol. The predicted octanol–water partition coefficient (Wildman–Crippen LogP) is 5.05. The number of ether oxygens (including phenoxy) is 2. The van der Waals surface area contributed by atoms with Crippen LogP contribution in [0.3, 0.4) is 0 Å². The van der Waals surface area contributed by atoms with Gasteiger partial charge in [-0.2, -0.15) is 10.4 Å². The minimum atomic E-state index is 0.111. The molecule has 1 aromatic carbocycles. The van der Waals surface area contributed by atoms with Gasteiger partial charge in [-0.1, -0.05) is 18.2 Å². The molecule has 1 fully saturated rings. The zero-order valence-electron chi connectivity index (χ0n) is 17.5. The van der Waals surface area contributed by atoms with Crippen molar-refractivity contribution in [2.24, 2.45) is 5.92 Å². The van der Waals surface area contributed by atoms with Crippen molar-refractivity contribution < 1.29 is 9.47 Å². The van der Waals surface area contributed by atoms with Gasteiger partial charge in [0.15, 0.2) is 0 Å². The fourth-order valence-electron chi connectivity index (χ4n) is 4.41. The summed E-state index contributed by atoms with van der Waals surface area (Å²) in [6.07, 6.45) is 13.9. The summed E-state index contributed by atoms with van der Waals surface area (Å²) < 4.78 is 13.6. The molecule has 6 nitrogen and oxygen atoms in total. The maximum Gasteiger partial charge on any atom is 0.119 e. The Morgan fingerprint density at radius 2 is 2.10 bits per heavy atom. The smallest absolute Gasteiger partial charge is 0.119 e. The third-order valence-corrected chi connectivity index (χ3v) is 6.20. The summed E-state index contributed by atoms with van der Waals surface area (Å²) in [7, 11) is 0. The van der Waals surface area contributed by atoms with Crippen LogP contribution >= 0.6 is 0 Å². The van der Waals surface area contributed by atoms with Crippen LogP contribution in [0, 0.1) is 17.2 Å². The fourth-order valence-corrected chi connectivity index (χ4v) is 4.41. The van der Waals surface area contributed by atoms with Gasteiger partial charge >= 0.3 is 0 Å². The first-order valence-electron chi connectivity index (χ1n) is 11.1. The second-order valence-electron chi connectivity index (χ2n) is 8.28. The monoisotopic (exact) mass is 414 g/mol. The molecule has 158 valence electrons. The molecule has 0 bridgehead atoms. The maximum absolute atomic E-state index is 9.19. The lowest BCUT2D eigenvalue weighted by Gasteiger charge is -2.22. The van der Waals surface area contributed by atoms with Crippen LogP contribution in [-0.2, 0) is 4.74 Å². The molecule has 3 aromatic rings. The molecule has 0 radical (unpaired) electrons. The lowest BCUT2D eigenvalue weighted by molar-refractivity contribution is -0.0110. The Balaban J connectivity index is 1.39. The highest BCUT2D eigenvalue weighted by Crippen LogP contribution is 2.35. The Bertz CT molecular complexity index is 1120. The molecule has 2 aliphatic rings. The number of fused-ring (bicyclic) bond motifs is 1. The minimum Gasteiger partial charge on any atom is -0.491 e. The van der Waals surface area contributed by atoms with E-state index in [-0.39, 0.29) is 12.0 Å². The predicted molar refractivity (Wildman–Crippen MR) is 118 cm³/mol. The first-order valence-corrected chi connectivity index (χ1v) is 11.1. The van der Waals surface area contributed by atoms with Crippen LogP contribution in [0.1, 0.15) is 44.2 Å². The Labute approximate surface area is 182 Å². The zero-order chi connectivity index (χ0) is 21.0. The number of benzene rings is 1. The average molecular weight is 415 g/mol. The Morgan fingerprint density at radius 1 is 1.19 bits per heavy atom. The van der Waals surface area contributed by atoms with Crippen molar-refractivity contribution in [3.8, 4) is 22.9 Å². The molecule has 2 aromatic heterocycles. The summed E-state index contributed by atoms with van der Waals surface area (Å²) in [5.41, 5.74) is 5.30. The van der Waals surface area contributed by atoms with Gasteiger partial charge < -0.3 is 9.47 Å². The summed E-state index contributed by atoms with van der Waals surface area (Å²) in [6, 6.07) is 10.5. The van der Waals surface area contributed by atoms with Gasteiger partial charge in [0.2, 0.25) is 0 Å². The number of aromatic nitrogens is 3. The van der Waals surface area contributed by atoms with Crippen LogP contribution in [0.15, 0.2) is 48.9 Å². The molecule has 1 aliphatic heterocycles. The van der Waals surface area contributed by atoms with E-state index in [4.69, 9.17) is 9.47 Å². The second kappa shape index (κ2) is 8.91. The number of rotatable bonds is 5. The normalized spacial score (nSPS) is 21.5. The fraction of sp³-hybridized carbons (Fsp3) is 0.400. The highest BCUT2D eigenvalue weighted by atomic mass is 16.5. The van der Waals surface area contributed by atoms with Gasteiger partial charge in [-0.05, 0) is 61.8 Å².